The Bertz CT molecular complexity index is 529. The molecule has 1 aliphatic carbocycles. The topological polar surface area (TPSA) is 43.8 Å². The summed E-state index contributed by atoms with van der Waals surface area (Å²) in [4.78, 5) is 16.6. The van der Waals surface area contributed by atoms with Crippen LogP contribution < -0.4 is 0 Å². The van der Waals surface area contributed by atoms with E-state index in [0.29, 0.717) is 27.3 Å². The predicted octanol–water partition coefficient (Wildman–Crippen LogP) is 2.73. The number of thiophene rings is 1. The number of aliphatic hydroxyl groups excluding tert-OH is 1. The van der Waals surface area contributed by atoms with Crippen LogP contribution in [0.4, 0.5) is 0 Å². The summed E-state index contributed by atoms with van der Waals surface area (Å²) in [6.45, 7) is 2.96. The van der Waals surface area contributed by atoms with Gasteiger partial charge in [-0.05, 0) is 25.3 Å². The van der Waals surface area contributed by atoms with Gasteiger partial charge in [-0.25, -0.2) is 0 Å². The summed E-state index contributed by atoms with van der Waals surface area (Å²) in [6, 6.07) is 1.91. The molecular formula is C14H18Cl2N2O2S. The van der Waals surface area contributed by atoms with Crippen LogP contribution in [0.2, 0.25) is 8.67 Å². The van der Waals surface area contributed by atoms with Crippen LogP contribution in [0.5, 0.6) is 0 Å². The number of hydrogen-bond acceptors (Lipinski definition) is 4. The molecule has 0 radical (unpaired) electrons. The second kappa shape index (κ2) is 6.42. The Kier molecular flexibility index (Phi) is 4.76. The molecule has 1 aromatic rings. The summed E-state index contributed by atoms with van der Waals surface area (Å²) >= 11 is 13.2. The Morgan fingerprint density at radius 2 is 1.95 bits per heavy atom. The Labute approximate surface area is 138 Å². The van der Waals surface area contributed by atoms with Gasteiger partial charge in [0.2, 0.25) is 0 Å². The van der Waals surface area contributed by atoms with Gasteiger partial charge in [0.15, 0.2) is 0 Å². The maximum absolute atomic E-state index is 12.4. The van der Waals surface area contributed by atoms with Crippen molar-refractivity contribution in [1.29, 1.82) is 0 Å². The molecule has 116 valence electrons. The first kappa shape index (κ1) is 15.6. The molecule has 4 nitrogen and oxygen atoms in total. The lowest BCUT2D eigenvalue weighted by Crippen LogP contribution is -2.53. The molecule has 1 saturated carbocycles. The summed E-state index contributed by atoms with van der Waals surface area (Å²) < 4.78 is 0.995. The van der Waals surface area contributed by atoms with Crippen molar-refractivity contribution in [3.8, 4) is 0 Å². The number of carbonyl (C=O) groups is 1. The third kappa shape index (κ3) is 3.22. The minimum atomic E-state index is -0.211. The van der Waals surface area contributed by atoms with Crippen LogP contribution in [0.25, 0.3) is 0 Å². The molecule has 0 spiro atoms. The van der Waals surface area contributed by atoms with Crippen LogP contribution >= 0.6 is 34.5 Å². The molecule has 1 aliphatic heterocycles. The fourth-order valence-corrected chi connectivity index (χ4v) is 4.71. The number of carbonyl (C=O) groups excluding carboxylic acids is 1. The van der Waals surface area contributed by atoms with E-state index < -0.39 is 0 Å². The van der Waals surface area contributed by atoms with Crippen molar-refractivity contribution in [2.75, 3.05) is 26.2 Å². The second-order valence-electron chi connectivity index (χ2n) is 5.63. The highest BCUT2D eigenvalue weighted by Crippen LogP contribution is 2.32. The SMILES string of the molecule is O=C(c1cc(Cl)sc1Cl)N1CCN([C@@H]2CCC[C@H]2O)CC1. The highest BCUT2D eigenvalue weighted by molar-refractivity contribution is 7.20. The summed E-state index contributed by atoms with van der Waals surface area (Å²) in [6.07, 6.45) is 2.83. The normalized spacial score (nSPS) is 27.3. The molecule has 2 fully saturated rings. The molecule has 1 aromatic heterocycles. The molecule has 7 heteroatoms. The van der Waals surface area contributed by atoms with Crippen molar-refractivity contribution in [3.63, 3.8) is 0 Å². The van der Waals surface area contributed by atoms with Gasteiger partial charge in [-0.1, -0.05) is 23.2 Å². The third-order valence-corrected chi connectivity index (χ3v) is 5.89. The van der Waals surface area contributed by atoms with Crippen LogP contribution in [0.15, 0.2) is 6.07 Å². The van der Waals surface area contributed by atoms with Crippen molar-refractivity contribution in [2.45, 2.75) is 31.4 Å². The van der Waals surface area contributed by atoms with E-state index in [-0.39, 0.29) is 18.1 Å². The Morgan fingerprint density at radius 1 is 1.24 bits per heavy atom. The van der Waals surface area contributed by atoms with Gasteiger partial charge in [0.05, 0.1) is 16.0 Å². The van der Waals surface area contributed by atoms with Gasteiger partial charge in [-0.2, -0.15) is 0 Å². The van der Waals surface area contributed by atoms with E-state index in [4.69, 9.17) is 23.2 Å². The molecule has 1 N–H and O–H groups in total. The number of amides is 1. The second-order valence-corrected chi connectivity index (χ2v) is 7.92. The monoisotopic (exact) mass is 348 g/mol. The van der Waals surface area contributed by atoms with E-state index in [1.807, 2.05) is 4.90 Å². The number of piperazine rings is 1. The summed E-state index contributed by atoms with van der Waals surface area (Å²) in [5.74, 6) is -0.0465. The van der Waals surface area contributed by atoms with Crippen LogP contribution in [-0.4, -0.2) is 59.1 Å². The molecule has 2 aliphatic rings. The van der Waals surface area contributed by atoms with E-state index in [9.17, 15) is 9.90 Å². The lowest BCUT2D eigenvalue weighted by molar-refractivity contribution is 0.0316. The van der Waals surface area contributed by atoms with E-state index in [2.05, 4.69) is 4.90 Å². The maximum atomic E-state index is 12.4. The maximum Gasteiger partial charge on any atom is 0.256 e. The van der Waals surface area contributed by atoms with Crippen molar-refractivity contribution >= 4 is 40.4 Å². The Balaban J connectivity index is 1.60. The van der Waals surface area contributed by atoms with Crippen LogP contribution in [0.1, 0.15) is 29.6 Å². The number of aliphatic hydroxyl groups is 1. The number of nitrogens with zero attached hydrogens (tertiary/aromatic N) is 2. The van der Waals surface area contributed by atoms with Gasteiger partial charge in [0.1, 0.15) is 4.34 Å². The van der Waals surface area contributed by atoms with Crippen molar-refractivity contribution < 1.29 is 9.90 Å². The zero-order valence-corrected chi connectivity index (χ0v) is 13.9. The average Bonchev–Trinajstić information content (AvgIpc) is 3.04. The molecule has 2 heterocycles. The minimum absolute atomic E-state index is 0.0465. The Morgan fingerprint density at radius 3 is 2.48 bits per heavy atom. The van der Waals surface area contributed by atoms with Crippen molar-refractivity contribution in [1.82, 2.24) is 9.80 Å². The largest absolute Gasteiger partial charge is 0.391 e. The number of rotatable bonds is 2. The number of hydrogen-bond donors (Lipinski definition) is 1. The minimum Gasteiger partial charge on any atom is -0.391 e. The Hall–Kier alpha value is -0.330. The summed E-state index contributed by atoms with van der Waals surface area (Å²) in [7, 11) is 0. The first-order valence-corrected chi connectivity index (χ1v) is 8.79. The van der Waals surface area contributed by atoms with Crippen LogP contribution in [0.3, 0.4) is 0 Å². The van der Waals surface area contributed by atoms with Gasteiger partial charge in [-0.3, -0.25) is 9.69 Å². The highest BCUT2D eigenvalue weighted by Gasteiger charge is 2.33. The lowest BCUT2D eigenvalue weighted by atomic mass is 10.1. The molecule has 2 atom stereocenters. The van der Waals surface area contributed by atoms with Gasteiger partial charge >= 0.3 is 0 Å². The first-order valence-electron chi connectivity index (χ1n) is 7.22. The first-order chi connectivity index (χ1) is 10.1. The van der Waals surface area contributed by atoms with Gasteiger partial charge < -0.3 is 10.0 Å². The van der Waals surface area contributed by atoms with E-state index in [0.717, 1.165) is 32.4 Å². The van der Waals surface area contributed by atoms with Crippen LogP contribution in [0, 0.1) is 0 Å². The molecule has 1 saturated heterocycles. The predicted molar refractivity (Wildman–Crippen MR) is 85.5 cm³/mol. The summed E-state index contributed by atoms with van der Waals surface area (Å²) in [5.41, 5.74) is 0.501. The quantitative estimate of drug-likeness (QED) is 0.893. The number of halogens is 2. The zero-order chi connectivity index (χ0) is 15.0. The smallest absolute Gasteiger partial charge is 0.256 e. The summed E-state index contributed by atoms with van der Waals surface area (Å²) in [5, 5.41) is 9.98. The van der Waals surface area contributed by atoms with Gasteiger partial charge in [0, 0.05) is 32.2 Å². The molecule has 3 rings (SSSR count). The van der Waals surface area contributed by atoms with E-state index in [1.165, 1.54) is 11.3 Å². The van der Waals surface area contributed by atoms with E-state index >= 15 is 0 Å². The average molecular weight is 349 g/mol. The molecule has 21 heavy (non-hydrogen) atoms. The van der Waals surface area contributed by atoms with Crippen molar-refractivity contribution in [3.05, 3.63) is 20.3 Å². The van der Waals surface area contributed by atoms with Gasteiger partial charge in [0.25, 0.3) is 5.91 Å². The fourth-order valence-electron chi connectivity index (χ4n) is 3.26. The molecule has 0 unspecified atom stereocenters. The van der Waals surface area contributed by atoms with E-state index in [1.54, 1.807) is 6.07 Å². The van der Waals surface area contributed by atoms with Crippen LogP contribution in [-0.2, 0) is 0 Å². The molecule has 1 amide bonds. The zero-order valence-electron chi connectivity index (χ0n) is 11.6. The lowest BCUT2D eigenvalue weighted by Gasteiger charge is -2.39. The van der Waals surface area contributed by atoms with Crippen molar-refractivity contribution in [2.24, 2.45) is 0 Å². The fraction of sp³-hybridized carbons (Fsp3) is 0.643. The molecular weight excluding hydrogens is 331 g/mol. The van der Waals surface area contributed by atoms with Gasteiger partial charge in [-0.15, -0.1) is 11.3 Å². The standard InChI is InChI=1S/C14H18Cl2N2O2S/c15-12-8-9(13(16)21-12)14(20)18-6-4-17(5-7-18)10-2-1-3-11(10)19/h8,10-11,19H,1-7H2/t10-,11-/m1/s1. The highest BCUT2D eigenvalue weighted by atomic mass is 35.5. The molecule has 0 aromatic carbocycles. The third-order valence-electron chi connectivity index (χ3n) is 4.40. The molecule has 0 bridgehead atoms.